The van der Waals surface area contributed by atoms with Crippen molar-refractivity contribution in [2.75, 3.05) is 0 Å². The number of aromatic nitrogens is 3. The molecule has 3 aromatic heterocycles. The van der Waals surface area contributed by atoms with Crippen LogP contribution in [0.15, 0.2) is 115 Å². The highest BCUT2D eigenvalue weighted by Crippen LogP contribution is 2.37. The van der Waals surface area contributed by atoms with Crippen molar-refractivity contribution in [2.45, 2.75) is 26.2 Å². The highest BCUT2D eigenvalue weighted by Gasteiger charge is 2.20. The molecule has 4 aromatic carbocycles. The third kappa shape index (κ3) is 4.36. The minimum Gasteiger partial charge on any atom is -0.506 e. The van der Waals surface area contributed by atoms with Gasteiger partial charge in [-0.2, -0.15) is 0 Å². The molecule has 41 heavy (non-hydrogen) atoms. The van der Waals surface area contributed by atoms with E-state index in [1.807, 2.05) is 66.9 Å². The van der Waals surface area contributed by atoms with Gasteiger partial charge in [0.25, 0.3) is 0 Å². The smallest absolute Gasteiger partial charge is 0.219 e. The molecule has 3 heterocycles. The second kappa shape index (κ2) is 9.49. The van der Waals surface area contributed by atoms with E-state index in [1.165, 1.54) is 0 Å². The lowest BCUT2D eigenvalue weighted by Gasteiger charge is -2.21. The van der Waals surface area contributed by atoms with Gasteiger partial charge < -0.3 is 9.84 Å². The summed E-state index contributed by atoms with van der Waals surface area (Å²) in [4.78, 5) is 9.48. The Morgan fingerprint density at radius 3 is 2.27 bits per heavy atom. The van der Waals surface area contributed by atoms with Crippen LogP contribution in [0.3, 0.4) is 0 Å². The molecule has 7 rings (SSSR count). The summed E-state index contributed by atoms with van der Waals surface area (Å²) in [5, 5.41) is 13.8. The van der Waals surface area contributed by atoms with E-state index in [-0.39, 0.29) is 11.2 Å². The lowest BCUT2D eigenvalue weighted by atomic mass is 9.84. The number of fused-ring (bicyclic) bond motifs is 4. The minimum absolute atomic E-state index is 0.0830. The summed E-state index contributed by atoms with van der Waals surface area (Å²) in [5.74, 6) is 2.04. The highest BCUT2D eigenvalue weighted by molar-refractivity contribution is 6.09. The van der Waals surface area contributed by atoms with E-state index >= 15 is 0 Å². The molecule has 0 aliphatic carbocycles. The van der Waals surface area contributed by atoms with Gasteiger partial charge in [-0.1, -0.05) is 75.4 Å². The average Bonchev–Trinajstić information content (AvgIpc) is 3.31. The van der Waals surface area contributed by atoms with Gasteiger partial charge in [0.2, 0.25) is 5.88 Å². The van der Waals surface area contributed by atoms with Crippen LogP contribution in [0.25, 0.3) is 49.7 Å². The van der Waals surface area contributed by atoms with Crippen molar-refractivity contribution in [3.05, 3.63) is 121 Å². The Morgan fingerprint density at radius 1 is 0.683 bits per heavy atom. The van der Waals surface area contributed by atoms with Crippen LogP contribution in [-0.2, 0) is 5.41 Å². The number of ether oxygens (including phenoxy) is 1. The number of hydrogen-bond donors (Lipinski definition) is 1. The summed E-state index contributed by atoms with van der Waals surface area (Å²) in [6, 6.07) is 36.4. The summed E-state index contributed by atoms with van der Waals surface area (Å²) in [7, 11) is 0. The van der Waals surface area contributed by atoms with Crippen LogP contribution in [0.1, 0.15) is 26.3 Å². The van der Waals surface area contributed by atoms with Crippen molar-refractivity contribution in [2.24, 2.45) is 0 Å². The SMILES string of the molecule is CC(C)(C)c1ccc(O)c2nc(Oc3ccc4c5ccccc5n(-c5cc(-c6ccccc6)ccn5)c4c3)ccc12. The average molecular weight is 536 g/mol. The standard InChI is InChI=1S/C36H29N3O2/c1-36(2,3)29-16-17-32(40)35-28(29)15-18-34(38-35)41-25-13-14-27-26-11-7-8-12-30(26)39(31(27)22-25)33-21-24(19-20-37-33)23-9-5-4-6-10-23/h4-22,40H,1-3H3. The predicted molar refractivity (Wildman–Crippen MR) is 166 cm³/mol. The van der Waals surface area contributed by atoms with Crippen LogP contribution in [0.4, 0.5) is 0 Å². The third-order valence-corrected chi connectivity index (χ3v) is 7.57. The maximum absolute atomic E-state index is 10.6. The zero-order valence-electron chi connectivity index (χ0n) is 23.2. The summed E-state index contributed by atoms with van der Waals surface area (Å²) < 4.78 is 8.48. The number of phenolic OH excluding ortho intramolecular Hbond substituents is 1. The Kier molecular flexibility index (Phi) is 5.75. The van der Waals surface area contributed by atoms with E-state index in [0.717, 1.165) is 49.7 Å². The van der Waals surface area contributed by atoms with E-state index in [1.54, 1.807) is 6.07 Å². The molecule has 0 spiro atoms. The van der Waals surface area contributed by atoms with E-state index in [0.29, 0.717) is 17.1 Å². The van der Waals surface area contributed by atoms with Gasteiger partial charge in [-0.15, -0.1) is 0 Å². The predicted octanol–water partition coefficient (Wildman–Crippen LogP) is 9.19. The molecule has 5 heteroatoms. The normalized spacial score (nSPS) is 11.9. The zero-order chi connectivity index (χ0) is 28.1. The van der Waals surface area contributed by atoms with Crippen molar-refractivity contribution in [1.82, 2.24) is 14.5 Å². The number of phenols is 1. The van der Waals surface area contributed by atoms with Crippen LogP contribution < -0.4 is 4.74 Å². The second-order valence-electron chi connectivity index (χ2n) is 11.3. The molecule has 7 aromatic rings. The van der Waals surface area contributed by atoms with Gasteiger partial charge in [0, 0.05) is 34.5 Å². The number of rotatable bonds is 4. The quantitative estimate of drug-likeness (QED) is 0.244. The number of aromatic hydroxyl groups is 1. The van der Waals surface area contributed by atoms with Crippen molar-refractivity contribution in [3.8, 4) is 34.3 Å². The lowest BCUT2D eigenvalue weighted by molar-refractivity contribution is 0.460. The van der Waals surface area contributed by atoms with Gasteiger partial charge in [0.1, 0.15) is 22.8 Å². The molecule has 0 saturated carbocycles. The van der Waals surface area contributed by atoms with Crippen molar-refractivity contribution >= 4 is 32.7 Å². The number of benzene rings is 4. The van der Waals surface area contributed by atoms with Crippen molar-refractivity contribution < 1.29 is 9.84 Å². The van der Waals surface area contributed by atoms with E-state index < -0.39 is 0 Å². The summed E-state index contributed by atoms with van der Waals surface area (Å²) >= 11 is 0. The van der Waals surface area contributed by atoms with Gasteiger partial charge in [-0.25, -0.2) is 9.97 Å². The van der Waals surface area contributed by atoms with Crippen LogP contribution in [0.2, 0.25) is 0 Å². The topological polar surface area (TPSA) is 60.2 Å². The second-order valence-corrected chi connectivity index (χ2v) is 11.3. The number of hydrogen-bond acceptors (Lipinski definition) is 4. The van der Waals surface area contributed by atoms with Crippen molar-refractivity contribution in [1.29, 1.82) is 0 Å². The van der Waals surface area contributed by atoms with E-state index in [4.69, 9.17) is 14.7 Å². The number of pyridine rings is 2. The monoisotopic (exact) mass is 535 g/mol. The van der Waals surface area contributed by atoms with Crippen LogP contribution in [-0.4, -0.2) is 19.6 Å². The Morgan fingerprint density at radius 2 is 1.44 bits per heavy atom. The molecule has 0 bridgehead atoms. The lowest BCUT2D eigenvalue weighted by Crippen LogP contribution is -2.11. The first-order valence-corrected chi connectivity index (χ1v) is 13.7. The fourth-order valence-corrected chi connectivity index (χ4v) is 5.63. The van der Waals surface area contributed by atoms with Gasteiger partial charge in [0.05, 0.1) is 11.0 Å². The van der Waals surface area contributed by atoms with Gasteiger partial charge in [0.15, 0.2) is 0 Å². The fraction of sp³-hybridized carbons (Fsp3) is 0.111. The first-order valence-electron chi connectivity index (χ1n) is 13.7. The summed E-state index contributed by atoms with van der Waals surface area (Å²) in [6.07, 6.45) is 1.86. The molecule has 5 nitrogen and oxygen atoms in total. The summed E-state index contributed by atoms with van der Waals surface area (Å²) in [5.41, 5.74) is 5.87. The highest BCUT2D eigenvalue weighted by atomic mass is 16.5. The van der Waals surface area contributed by atoms with Crippen LogP contribution >= 0.6 is 0 Å². The molecule has 0 aliphatic heterocycles. The molecule has 0 atom stereocenters. The van der Waals surface area contributed by atoms with Crippen molar-refractivity contribution in [3.63, 3.8) is 0 Å². The van der Waals surface area contributed by atoms with Crippen LogP contribution in [0, 0.1) is 0 Å². The third-order valence-electron chi connectivity index (χ3n) is 7.57. The Bertz CT molecular complexity index is 2070. The zero-order valence-corrected chi connectivity index (χ0v) is 23.2. The molecule has 0 amide bonds. The van der Waals surface area contributed by atoms with Gasteiger partial charge in [-0.3, -0.25) is 4.57 Å². The molecule has 0 radical (unpaired) electrons. The molecule has 0 saturated heterocycles. The maximum Gasteiger partial charge on any atom is 0.219 e. The fourth-order valence-electron chi connectivity index (χ4n) is 5.63. The number of para-hydroxylation sites is 1. The van der Waals surface area contributed by atoms with Crippen LogP contribution in [0.5, 0.6) is 17.4 Å². The molecular formula is C36H29N3O2. The number of nitrogens with zero attached hydrogens (tertiary/aromatic N) is 3. The first kappa shape index (κ1) is 24.9. The molecule has 0 fully saturated rings. The molecule has 200 valence electrons. The Hall–Kier alpha value is -5.16. The molecule has 0 aliphatic rings. The first-order chi connectivity index (χ1) is 19.9. The largest absolute Gasteiger partial charge is 0.506 e. The van der Waals surface area contributed by atoms with E-state index in [2.05, 4.69) is 67.8 Å². The van der Waals surface area contributed by atoms with Gasteiger partial charge >= 0.3 is 0 Å². The van der Waals surface area contributed by atoms with Gasteiger partial charge in [-0.05, 0) is 64.6 Å². The minimum atomic E-state index is -0.0830. The Labute approximate surface area is 238 Å². The maximum atomic E-state index is 10.6. The summed E-state index contributed by atoms with van der Waals surface area (Å²) in [6.45, 7) is 6.46. The molecule has 0 unspecified atom stereocenters. The van der Waals surface area contributed by atoms with E-state index in [9.17, 15) is 5.11 Å². The Balaban J connectivity index is 1.35. The molecular weight excluding hydrogens is 506 g/mol. The molecule has 1 N–H and O–H groups in total.